The van der Waals surface area contributed by atoms with E-state index >= 15 is 0 Å². The molecule has 2 amide bonds. The van der Waals surface area contributed by atoms with Crippen LogP contribution in [-0.2, 0) is 6.42 Å². The molecule has 26 heavy (non-hydrogen) atoms. The van der Waals surface area contributed by atoms with Gasteiger partial charge >= 0.3 is 0 Å². The topological polar surface area (TPSA) is 71.8 Å². The lowest BCUT2D eigenvalue weighted by atomic mass is 10.1. The number of carbonyl (C=O) groups excluding carboxylic acids is 2. The number of furan rings is 1. The fraction of sp³-hybridized carbons (Fsp3) is 0.158. The second-order valence-corrected chi connectivity index (χ2v) is 6.88. The molecule has 7 heteroatoms. The normalized spacial score (nSPS) is 12.7. The Morgan fingerprint density at radius 2 is 2.12 bits per heavy atom. The van der Waals surface area contributed by atoms with Gasteiger partial charge in [0.15, 0.2) is 5.76 Å². The Bertz CT molecular complexity index is 962. The van der Waals surface area contributed by atoms with E-state index in [1.807, 2.05) is 18.2 Å². The van der Waals surface area contributed by atoms with Crippen LogP contribution >= 0.6 is 11.3 Å². The Balaban J connectivity index is 1.50. The molecular weight excluding hydrogens is 352 g/mol. The Morgan fingerprint density at radius 3 is 2.88 bits per heavy atom. The molecule has 3 aromatic rings. The smallest absolute Gasteiger partial charge is 0.291 e. The average molecular weight is 368 g/mol. The van der Waals surface area contributed by atoms with Crippen molar-refractivity contribution in [2.45, 2.75) is 6.42 Å². The van der Waals surface area contributed by atoms with Gasteiger partial charge in [0.2, 0.25) is 0 Å². The third-order valence-corrected chi connectivity index (χ3v) is 5.21. The van der Waals surface area contributed by atoms with Crippen molar-refractivity contribution in [3.05, 3.63) is 64.9 Å². The summed E-state index contributed by atoms with van der Waals surface area (Å²) in [5.41, 5.74) is 2.01. The highest BCUT2D eigenvalue weighted by Gasteiger charge is 2.27. The highest BCUT2D eigenvalue weighted by atomic mass is 32.1. The molecule has 0 radical (unpaired) electrons. The third kappa shape index (κ3) is 2.97. The fourth-order valence-electron chi connectivity index (χ4n) is 2.95. The molecule has 6 nitrogen and oxygen atoms in total. The van der Waals surface area contributed by atoms with E-state index in [4.69, 9.17) is 9.15 Å². The van der Waals surface area contributed by atoms with E-state index in [9.17, 15) is 9.59 Å². The maximum absolute atomic E-state index is 12.9. The molecule has 132 valence electrons. The van der Waals surface area contributed by atoms with Crippen LogP contribution in [0.25, 0.3) is 0 Å². The minimum Gasteiger partial charge on any atom is -0.497 e. The summed E-state index contributed by atoms with van der Waals surface area (Å²) in [4.78, 5) is 27.2. The van der Waals surface area contributed by atoms with Gasteiger partial charge in [-0.25, -0.2) is 0 Å². The molecule has 1 aliphatic rings. The number of thiophene rings is 1. The summed E-state index contributed by atoms with van der Waals surface area (Å²) in [5, 5.41) is 3.34. The predicted octanol–water partition coefficient (Wildman–Crippen LogP) is 3.80. The number of hydrogen-bond donors (Lipinski definition) is 1. The highest BCUT2D eigenvalue weighted by Crippen LogP contribution is 2.34. The van der Waals surface area contributed by atoms with Crippen LogP contribution in [-0.4, -0.2) is 25.5 Å². The van der Waals surface area contributed by atoms with Crippen molar-refractivity contribution < 1.29 is 18.7 Å². The number of amides is 2. The second kappa shape index (κ2) is 6.68. The quantitative estimate of drug-likeness (QED) is 0.760. The molecular formula is C19H16N2O4S. The first kappa shape index (κ1) is 16.4. The van der Waals surface area contributed by atoms with Crippen molar-refractivity contribution in [1.82, 2.24) is 0 Å². The molecule has 0 saturated carbocycles. The van der Waals surface area contributed by atoms with Gasteiger partial charge in [-0.3, -0.25) is 9.59 Å². The summed E-state index contributed by atoms with van der Waals surface area (Å²) in [5.74, 6) is 0.609. The minimum atomic E-state index is -0.338. The van der Waals surface area contributed by atoms with Gasteiger partial charge in [-0.05, 0) is 54.4 Å². The van der Waals surface area contributed by atoms with Crippen LogP contribution in [0.2, 0.25) is 0 Å². The van der Waals surface area contributed by atoms with E-state index in [0.29, 0.717) is 16.4 Å². The Hall–Kier alpha value is -3.06. The highest BCUT2D eigenvalue weighted by molar-refractivity contribution is 7.18. The number of methoxy groups -OCH3 is 1. The van der Waals surface area contributed by atoms with Crippen LogP contribution in [0.15, 0.2) is 53.1 Å². The SMILES string of the molecule is COc1ccc2c(c1)CCN2C(=O)c1ccc(NC(=O)c2ccco2)s1. The van der Waals surface area contributed by atoms with E-state index in [1.54, 1.807) is 36.3 Å². The van der Waals surface area contributed by atoms with Crippen LogP contribution in [0, 0.1) is 0 Å². The Morgan fingerprint density at radius 1 is 1.23 bits per heavy atom. The number of hydrogen-bond acceptors (Lipinski definition) is 5. The summed E-state index contributed by atoms with van der Waals surface area (Å²) in [6, 6.07) is 12.4. The first-order valence-electron chi connectivity index (χ1n) is 8.09. The van der Waals surface area contributed by atoms with E-state index in [1.165, 1.54) is 17.6 Å². The van der Waals surface area contributed by atoms with Gasteiger partial charge in [-0.1, -0.05) is 0 Å². The van der Waals surface area contributed by atoms with Crippen molar-refractivity contribution in [2.24, 2.45) is 0 Å². The van der Waals surface area contributed by atoms with Crippen LogP contribution in [0.3, 0.4) is 0 Å². The fourth-order valence-corrected chi connectivity index (χ4v) is 3.80. The zero-order valence-corrected chi connectivity index (χ0v) is 14.8. The molecule has 0 saturated heterocycles. The summed E-state index contributed by atoms with van der Waals surface area (Å²) in [6.07, 6.45) is 2.24. The molecule has 3 heterocycles. The number of ether oxygens (including phenoxy) is 1. The van der Waals surface area contributed by atoms with Crippen LogP contribution in [0.5, 0.6) is 5.75 Å². The molecule has 1 N–H and O–H groups in total. The number of rotatable bonds is 4. The van der Waals surface area contributed by atoms with Gasteiger partial charge in [-0.2, -0.15) is 0 Å². The predicted molar refractivity (Wildman–Crippen MR) is 99.4 cm³/mol. The van der Waals surface area contributed by atoms with Gasteiger partial charge in [-0.15, -0.1) is 11.3 Å². The zero-order valence-electron chi connectivity index (χ0n) is 14.0. The molecule has 1 aromatic carbocycles. The number of anilines is 2. The molecule has 2 aromatic heterocycles. The number of carbonyl (C=O) groups is 2. The number of nitrogens with zero attached hydrogens (tertiary/aromatic N) is 1. The lowest BCUT2D eigenvalue weighted by Crippen LogP contribution is -2.28. The van der Waals surface area contributed by atoms with E-state index in [-0.39, 0.29) is 17.6 Å². The van der Waals surface area contributed by atoms with Crippen molar-refractivity contribution in [3.63, 3.8) is 0 Å². The molecule has 0 aliphatic carbocycles. The van der Waals surface area contributed by atoms with Crippen molar-refractivity contribution in [2.75, 3.05) is 23.9 Å². The maximum atomic E-state index is 12.9. The van der Waals surface area contributed by atoms with Crippen molar-refractivity contribution in [3.8, 4) is 5.75 Å². The number of nitrogens with one attached hydrogen (secondary N) is 1. The summed E-state index contributed by atoms with van der Waals surface area (Å²) in [7, 11) is 1.63. The second-order valence-electron chi connectivity index (χ2n) is 5.80. The van der Waals surface area contributed by atoms with E-state index < -0.39 is 0 Å². The summed E-state index contributed by atoms with van der Waals surface area (Å²) >= 11 is 1.25. The molecule has 0 bridgehead atoms. The Labute approximate surface area is 154 Å². The van der Waals surface area contributed by atoms with Crippen LogP contribution < -0.4 is 15.0 Å². The van der Waals surface area contributed by atoms with Gasteiger partial charge in [0.1, 0.15) is 5.75 Å². The molecule has 0 unspecified atom stereocenters. The lowest BCUT2D eigenvalue weighted by molar-refractivity contribution is 0.0987. The summed E-state index contributed by atoms with van der Waals surface area (Å²) in [6.45, 7) is 0.632. The van der Waals surface area contributed by atoms with Gasteiger partial charge in [0, 0.05) is 12.2 Å². The Kier molecular flexibility index (Phi) is 4.22. The third-order valence-electron chi connectivity index (χ3n) is 4.23. The van der Waals surface area contributed by atoms with Crippen molar-refractivity contribution >= 4 is 33.8 Å². The van der Waals surface area contributed by atoms with E-state index in [2.05, 4.69) is 5.32 Å². The molecule has 1 aliphatic heterocycles. The first-order chi connectivity index (χ1) is 12.7. The van der Waals surface area contributed by atoms with E-state index in [0.717, 1.165) is 23.4 Å². The minimum absolute atomic E-state index is 0.0718. The molecule has 0 atom stereocenters. The largest absolute Gasteiger partial charge is 0.497 e. The standard InChI is InChI=1S/C19H16N2O4S/c1-24-13-4-5-14-12(11-13)8-9-21(14)19(23)16-6-7-17(26-16)20-18(22)15-3-2-10-25-15/h2-7,10-11H,8-9H2,1H3,(H,20,22). The monoisotopic (exact) mass is 368 g/mol. The first-order valence-corrected chi connectivity index (χ1v) is 8.91. The molecule has 0 fully saturated rings. The van der Waals surface area contributed by atoms with Crippen LogP contribution in [0.1, 0.15) is 25.8 Å². The maximum Gasteiger partial charge on any atom is 0.291 e. The van der Waals surface area contributed by atoms with Crippen LogP contribution in [0.4, 0.5) is 10.7 Å². The zero-order chi connectivity index (χ0) is 18.1. The number of fused-ring (bicyclic) bond motifs is 1. The average Bonchev–Trinajstić information content (AvgIpc) is 3.40. The number of benzene rings is 1. The van der Waals surface area contributed by atoms with Gasteiger partial charge < -0.3 is 19.4 Å². The van der Waals surface area contributed by atoms with Gasteiger partial charge in [0.25, 0.3) is 11.8 Å². The molecule has 4 rings (SSSR count). The lowest BCUT2D eigenvalue weighted by Gasteiger charge is -2.16. The van der Waals surface area contributed by atoms with Crippen molar-refractivity contribution in [1.29, 1.82) is 0 Å². The summed E-state index contributed by atoms with van der Waals surface area (Å²) < 4.78 is 10.3. The van der Waals surface area contributed by atoms with Gasteiger partial charge in [0.05, 0.1) is 23.3 Å². The molecule has 0 spiro atoms.